The quantitative estimate of drug-likeness (QED) is 0.518. The van der Waals surface area contributed by atoms with Gasteiger partial charge in [0.05, 0.1) is 12.0 Å². The van der Waals surface area contributed by atoms with Crippen LogP contribution < -0.4 is 10.6 Å². The van der Waals surface area contributed by atoms with E-state index in [2.05, 4.69) is 24.5 Å². The van der Waals surface area contributed by atoms with Crippen molar-refractivity contribution in [2.45, 2.75) is 90.7 Å². The summed E-state index contributed by atoms with van der Waals surface area (Å²) >= 11 is 0. The molecule has 3 heterocycles. The molecule has 3 aliphatic heterocycles. The first-order chi connectivity index (χ1) is 17.7. The van der Waals surface area contributed by atoms with E-state index in [1.807, 2.05) is 16.7 Å². The maximum absolute atomic E-state index is 13.7. The Bertz CT molecular complexity index is 858. The third-order valence-electron chi connectivity index (χ3n) is 10.0. The number of ether oxygens (including phenoxy) is 1. The standard InChI is InChI=1S/C29H48N4O4/c1-20(37-16-21-10-6-4-7-11-21)24(27(36)32-12-8-5-9-13-32)31-25(34)23-15-30-17-29(23)18-33(19-29)26(35)22-14-28(22,2)3/h20-24,30H,4-19H2,1-3H3,(H,31,34)/t20-,22-,23?,24-/m1/s1. The SMILES string of the molecule is C[C@@H](OCC1CCCCC1)[C@@H](NC(=O)C1CNCC12CN(C(=O)[C@H]1CC1(C)C)C2)C(=O)N1CCCCC1. The number of carbonyl (C=O) groups excluding carboxylic acids is 3. The number of rotatable bonds is 8. The van der Waals surface area contributed by atoms with Crippen LogP contribution in [0.3, 0.4) is 0 Å². The van der Waals surface area contributed by atoms with Gasteiger partial charge in [0.2, 0.25) is 17.7 Å². The van der Waals surface area contributed by atoms with E-state index in [4.69, 9.17) is 4.74 Å². The zero-order chi connectivity index (χ0) is 26.2. The van der Waals surface area contributed by atoms with Crippen molar-refractivity contribution in [2.24, 2.45) is 28.6 Å². The highest BCUT2D eigenvalue weighted by Crippen LogP contribution is 2.54. The molecule has 8 heteroatoms. The van der Waals surface area contributed by atoms with E-state index in [9.17, 15) is 14.4 Å². The van der Waals surface area contributed by atoms with E-state index >= 15 is 0 Å². The van der Waals surface area contributed by atoms with Crippen molar-refractivity contribution in [3.63, 3.8) is 0 Å². The number of piperidine rings is 1. The number of hydrogen-bond acceptors (Lipinski definition) is 5. The summed E-state index contributed by atoms with van der Waals surface area (Å²) in [5.41, 5.74) is -0.121. The highest BCUT2D eigenvalue weighted by atomic mass is 16.5. The molecule has 2 aliphatic carbocycles. The lowest BCUT2D eigenvalue weighted by Gasteiger charge is -2.50. The molecule has 0 aromatic heterocycles. The molecule has 0 aromatic carbocycles. The summed E-state index contributed by atoms with van der Waals surface area (Å²) in [7, 11) is 0. The highest BCUT2D eigenvalue weighted by Gasteiger charge is 2.60. The summed E-state index contributed by atoms with van der Waals surface area (Å²) in [5.74, 6) is 0.587. The minimum Gasteiger partial charge on any atom is -0.376 e. The van der Waals surface area contributed by atoms with E-state index in [0.717, 1.165) is 45.3 Å². The van der Waals surface area contributed by atoms with Crippen LogP contribution in [0.25, 0.3) is 0 Å². The predicted octanol–water partition coefficient (Wildman–Crippen LogP) is 2.56. The number of nitrogens with zero attached hydrogens (tertiary/aromatic N) is 2. The molecule has 208 valence electrons. The van der Waals surface area contributed by atoms with E-state index in [0.29, 0.717) is 32.2 Å². The summed E-state index contributed by atoms with van der Waals surface area (Å²) in [4.78, 5) is 44.1. The van der Waals surface area contributed by atoms with Gasteiger partial charge in [0.1, 0.15) is 6.04 Å². The van der Waals surface area contributed by atoms with E-state index in [-0.39, 0.29) is 46.5 Å². The lowest BCUT2D eigenvalue weighted by molar-refractivity contribution is -0.153. The molecule has 2 N–H and O–H groups in total. The smallest absolute Gasteiger partial charge is 0.247 e. The van der Waals surface area contributed by atoms with Crippen LogP contribution in [-0.4, -0.2) is 85.5 Å². The normalized spacial score (nSPS) is 30.5. The molecule has 0 bridgehead atoms. The Kier molecular flexibility index (Phi) is 7.88. The van der Waals surface area contributed by atoms with Crippen LogP contribution in [0.15, 0.2) is 0 Å². The Balaban J connectivity index is 1.22. The molecule has 2 saturated carbocycles. The third-order valence-corrected chi connectivity index (χ3v) is 10.0. The Labute approximate surface area is 222 Å². The van der Waals surface area contributed by atoms with Gasteiger partial charge in [0, 0.05) is 57.2 Å². The van der Waals surface area contributed by atoms with Crippen LogP contribution in [0.2, 0.25) is 0 Å². The Hall–Kier alpha value is -1.67. The molecule has 5 fully saturated rings. The molecule has 8 nitrogen and oxygen atoms in total. The molecular formula is C29H48N4O4. The van der Waals surface area contributed by atoms with Gasteiger partial charge in [-0.2, -0.15) is 0 Å². The fourth-order valence-corrected chi connectivity index (χ4v) is 7.17. The lowest BCUT2D eigenvalue weighted by Crippen LogP contribution is -2.65. The number of likely N-dealkylation sites (tertiary alicyclic amines) is 2. The van der Waals surface area contributed by atoms with E-state index in [1.54, 1.807) is 0 Å². The van der Waals surface area contributed by atoms with Crippen molar-refractivity contribution in [3.05, 3.63) is 0 Å². The highest BCUT2D eigenvalue weighted by molar-refractivity contribution is 5.90. The monoisotopic (exact) mass is 516 g/mol. The minimum atomic E-state index is -0.670. The average Bonchev–Trinajstić information content (AvgIpc) is 3.31. The molecule has 1 unspecified atom stereocenters. The predicted molar refractivity (Wildman–Crippen MR) is 142 cm³/mol. The maximum Gasteiger partial charge on any atom is 0.247 e. The Morgan fingerprint density at radius 3 is 2.27 bits per heavy atom. The summed E-state index contributed by atoms with van der Waals surface area (Å²) in [6.45, 7) is 11.0. The molecule has 1 spiro atoms. The molecule has 5 rings (SSSR count). The van der Waals surface area contributed by atoms with E-state index in [1.165, 1.54) is 32.1 Å². The van der Waals surface area contributed by atoms with Gasteiger partial charge >= 0.3 is 0 Å². The second-order valence-corrected chi connectivity index (χ2v) is 13.4. The van der Waals surface area contributed by atoms with Gasteiger partial charge in [0.15, 0.2) is 0 Å². The van der Waals surface area contributed by atoms with Crippen LogP contribution in [0.5, 0.6) is 0 Å². The molecular weight excluding hydrogens is 468 g/mol. The van der Waals surface area contributed by atoms with Crippen molar-refractivity contribution in [1.82, 2.24) is 20.4 Å². The molecule has 0 aromatic rings. The third kappa shape index (κ3) is 5.70. The number of amides is 3. The van der Waals surface area contributed by atoms with Crippen molar-refractivity contribution in [3.8, 4) is 0 Å². The van der Waals surface area contributed by atoms with Crippen LogP contribution >= 0.6 is 0 Å². The van der Waals surface area contributed by atoms with Gasteiger partial charge < -0.3 is 25.2 Å². The number of hydrogen-bond donors (Lipinski definition) is 2. The molecule has 4 atom stereocenters. The van der Waals surface area contributed by atoms with Gasteiger partial charge in [0.25, 0.3) is 0 Å². The topological polar surface area (TPSA) is 91.0 Å². The van der Waals surface area contributed by atoms with Crippen LogP contribution in [0.1, 0.15) is 78.6 Å². The van der Waals surface area contributed by atoms with Crippen molar-refractivity contribution >= 4 is 17.7 Å². The molecule has 3 saturated heterocycles. The van der Waals surface area contributed by atoms with E-state index < -0.39 is 6.04 Å². The average molecular weight is 517 g/mol. The number of carbonyl (C=O) groups is 3. The maximum atomic E-state index is 13.7. The number of nitrogens with one attached hydrogen (secondary N) is 2. The van der Waals surface area contributed by atoms with Gasteiger partial charge in [-0.05, 0) is 56.8 Å². The van der Waals surface area contributed by atoms with Crippen LogP contribution in [0.4, 0.5) is 0 Å². The largest absolute Gasteiger partial charge is 0.376 e. The van der Waals surface area contributed by atoms with Gasteiger partial charge in [-0.25, -0.2) is 0 Å². The summed E-state index contributed by atoms with van der Waals surface area (Å²) < 4.78 is 6.28. The summed E-state index contributed by atoms with van der Waals surface area (Å²) in [5, 5.41) is 6.57. The fraction of sp³-hybridized carbons (Fsp3) is 0.897. The van der Waals surface area contributed by atoms with Crippen LogP contribution in [-0.2, 0) is 19.1 Å². The zero-order valence-electron chi connectivity index (χ0n) is 23.2. The van der Waals surface area contributed by atoms with Crippen molar-refractivity contribution < 1.29 is 19.1 Å². The lowest BCUT2D eigenvalue weighted by atomic mass is 9.70. The Morgan fingerprint density at radius 1 is 0.973 bits per heavy atom. The van der Waals surface area contributed by atoms with Gasteiger partial charge in [-0.1, -0.05) is 33.1 Å². The van der Waals surface area contributed by atoms with Crippen molar-refractivity contribution in [1.29, 1.82) is 0 Å². The summed E-state index contributed by atoms with van der Waals surface area (Å²) in [6, 6.07) is -0.670. The van der Waals surface area contributed by atoms with Gasteiger partial charge in [-0.3, -0.25) is 14.4 Å². The summed E-state index contributed by atoms with van der Waals surface area (Å²) in [6.07, 6.45) is 9.95. The second kappa shape index (κ2) is 10.8. The first-order valence-electron chi connectivity index (χ1n) is 14.9. The molecule has 0 radical (unpaired) electrons. The Morgan fingerprint density at radius 2 is 1.62 bits per heavy atom. The molecule has 3 amide bonds. The first kappa shape index (κ1) is 26.9. The minimum absolute atomic E-state index is 0.00872. The van der Waals surface area contributed by atoms with Gasteiger partial charge in [-0.15, -0.1) is 0 Å². The second-order valence-electron chi connectivity index (χ2n) is 13.4. The van der Waals surface area contributed by atoms with Crippen molar-refractivity contribution in [2.75, 3.05) is 45.9 Å². The fourth-order valence-electron chi connectivity index (χ4n) is 7.17. The zero-order valence-corrected chi connectivity index (χ0v) is 23.2. The molecule has 5 aliphatic rings. The molecule has 37 heavy (non-hydrogen) atoms. The van der Waals surface area contributed by atoms with Crippen LogP contribution in [0, 0.1) is 28.6 Å². The first-order valence-corrected chi connectivity index (χ1v) is 14.9.